The van der Waals surface area contributed by atoms with Crippen LogP contribution in [-0.2, 0) is 4.43 Å². The van der Waals surface area contributed by atoms with Gasteiger partial charge in [0.25, 0.3) is 0 Å². The van der Waals surface area contributed by atoms with Gasteiger partial charge in [0.2, 0.25) is 5.75 Å². The maximum Gasteiger partial charge on any atom is 0.314 e. The molecular weight excluding hydrogens is 275 g/mol. The van der Waals surface area contributed by atoms with Gasteiger partial charge in [-0.05, 0) is 0 Å². The predicted molar refractivity (Wildman–Crippen MR) is 50.3 cm³/mol. The Hall–Kier alpha value is -0.920. The lowest BCUT2D eigenvalue weighted by molar-refractivity contribution is -0.386. The van der Waals surface area contributed by atoms with Gasteiger partial charge in [-0.3, -0.25) is 15.1 Å². The first kappa shape index (κ1) is 9.17. The van der Waals surface area contributed by atoms with Crippen LogP contribution in [0.3, 0.4) is 0 Å². The molecule has 0 saturated heterocycles. The van der Waals surface area contributed by atoms with Crippen LogP contribution in [0.15, 0.2) is 12.3 Å². The van der Waals surface area contributed by atoms with E-state index in [4.69, 9.17) is 0 Å². The molecule has 0 aromatic carbocycles. The molecule has 1 rings (SSSR count). The molecule has 0 radical (unpaired) electrons. The lowest BCUT2D eigenvalue weighted by Crippen LogP contribution is -1.93. The summed E-state index contributed by atoms with van der Waals surface area (Å²) in [6.07, 6.45) is 1.31. The molecule has 0 unspecified atom stereocenters. The summed E-state index contributed by atoms with van der Waals surface area (Å²) in [4.78, 5) is 13.5. The van der Waals surface area contributed by atoms with Crippen molar-refractivity contribution >= 4 is 28.3 Å². The largest absolute Gasteiger partial charge is 0.501 e. The highest BCUT2D eigenvalue weighted by molar-refractivity contribution is 14.1. The van der Waals surface area contributed by atoms with E-state index in [2.05, 4.69) is 4.98 Å². The summed E-state index contributed by atoms with van der Waals surface area (Å²) in [7, 11) is 0. The van der Waals surface area contributed by atoms with E-state index in [-0.39, 0.29) is 11.4 Å². The minimum Gasteiger partial charge on any atom is -0.501 e. The van der Waals surface area contributed by atoms with E-state index >= 15 is 0 Å². The summed E-state index contributed by atoms with van der Waals surface area (Å²) in [5.41, 5.74) is 0.0430. The summed E-state index contributed by atoms with van der Waals surface area (Å²) in [5.74, 6) is -0.336. The third-order valence-corrected chi connectivity index (χ3v) is 2.02. The number of nitrogens with zero attached hydrogens (tertiary/aromatic N) is 2. The van der Waals surface area contributed by atoms with Gasteiger partial charge in [0.1, 0.15) is 0 Å². The van der Waals surface area contributed by atoms with Gasteiger partial charge in [-0.15, -0.1) is 0 Å². The fourth-order valence-electron chi connectivity index (χ4n) is 0.731. The van der Waals surface area contributed by atoms with Crippen molar-refractivity contribution in [3.63, 3.8) is 0 Å². The van der Waals surface area contributed by atoms with Gasteiger partial charge in [0.05, 0.1) is 10.6 Å². The van der Waals surface area contributed by atoms with Crippen molar-refractivity contribution in [3.05, 3.63) is 28.1 Å². The van der Waals surface area contributed by atoms with Gasteiger partial charge >= 0.3 is 5.69 Å². The first-order valence-corrected chi connectivity index (χ1v) is 4.56. The number of nitro groups is 1. The third-order valence-electron chi connectivity index (χ3n) is 1.30. The second-order valence-corrected chi connectivity index (χ2v) is 2.78. The highest BCUT2D eigenvalue weighted by Gasteiger charge is 2.16. The molecule has 5 nitrogen and oxygen atoms in total. The quantitative estimate of drug-likeness (QED) is 0.386. The van der Waals surface area contributed by atoms with Crippen LogP contribution >= 0.6 is 22.6 Å². The van der Waals surface area contributed by atoms with Crippen LogP contribution in [0.2, 0.25) is 0 Å². The maximum absolute atomic E-state index is 10.3. The highest BCUT2D eigenvalue weighted by atomic mass is 127. The fourth-order valence-corrected chi connectivity index (χ4v) is 1.29. The van der Waals surface area contributed by atoms with Gasteiger partial charge in [0.15, 0.2) is 0 Å². The number of halogens is 1. The fraction of sp³-hybridized carbons (Fsp3) is 0.167. The smallest absolute Gasteiger partial charge is 0.314 e. The number of rotatable bonds is 2. The minimum absolute atomic E-state index is 0.295. The van der Waals surface area contributed by atoms with Crippen molar-refractivity contribution in [2.75, 3.05) is 0 Å². The van der Waals surface area contributed by atoms with Crippen molar-refractivity contribution in [2.24, 2.45) is 0 Å². The second kappa shape index (κ2) is 3.65. The molecular formula is C6H5IN2O3. The molecule has 1 aromatic heterocycles. The number of aromatic hydroxyl groups is 1. The van der Waals surface area contributed by atoms with E-state index in [0.717, 1.165) is 0 Å². The minimum atomic E-state index is -0.632. The van der Waals surface area contributed by atoms with Gasteiger partial charge in [-0.1, -0.05) is 22.6 Å². The van der Waals surface area contributed by atoms with E-state index < -0.39 is 4.92 Å². The second-order valence-electron chi connectivity index (χ2n) is 2.02. The average Bonchev–Trinajstić information content (AvgIpc) is 2.04. The van der Waals surface area contributed by atoms with Crippen molar-refractivity contribution in [2.45, 2.75) is 4.43 Å². The molecule has 12 heavy (non-hydrogen) atoms. The van der Waals surface area contributed by atoms with E-state index in [1.807, 2.05) is 22.6 Å². The van der Waals surface area contributed by atoms with Crippen LogP contribution in [0.5, 0.6) is 5.75 Å². The van der Waals surface area contributed by atoms with Crippen LogP contribution in [0.1, 0.15) is 5.69 Å². The zero-order chi connectivity index (χ0) is 9.14. The summed E-state index contributed by atoms with van der Waals surface area (Å²) in [5, 5.41) is 19.6. The zero-order valence-corrected chi connectivity index (χ0v) is 8.06. The van der Waals surface area contributed by atoms with Gasteiger partial charge in [-0.25, -0.2) is 0 Å². The number of aromatic nitrogens is 1. The third kappa shape index (κ3) is 1.63. The Bertz CT molecular complexity index is 316. The Morgan fingerprint density at radius 2 is 2.42 bits per heavy atom. The number of hydrogen-bond acceptors (Lipinski definition) is 4. The molecule has 0 saturated carbocycles. The molecule has 1 heterocycles. The van der Waals surface area contributed by atoms with Crippen LogP contribution in [0.25, 0.3) is 0 Å². The Morgan fingerprint density at radius 1 is 1.75 bits per heavy atom. The topological polar surface area (TPSA) is 76.3 Å². The SMILES string of the molecule is O=[N+]([O-])c1ccnc(CI)c1O. The summed E-state index contributed by atoms with van der Waals surface area (Å²) in [6.45, 7) is 0. The Morgan fingerprint density at radius 3 is 2.92 bits per heavy atom. The van der Waals surface area contributed by atoms with Crippen LogP contribution in [0, 0.1) is 10.1 Å². The van der Waals surface area contributed by atoms with Crippen molar-refractivity contribution in [1.82, 2.24) is 4.98 Å². The molecule has 1 N–H and O–H groups in total. The molecule has 1 aromatic rings. The van der Waals surface area contributed by atoms with Crippen molar-refractivity contribution in [1.29, 1.82) is 0 Å². The maximum atomic E-state index is 10.3. The van der Waals surface area contributed by atoms with Crippen LogP contribution in [-0.4, -0.2) is 15.0 Å². The standard InChI is InChI=1S/C6H5IN2O3/c7-3-4-6(10)5(9(11)12)1-2-8-4/h1-2,10H,3H2. The van der Waals surface area contributed by atoms with Gasteiger partial charge in [0, 0.05) is 16.7 Å². The molecule has 0 fully saturated rings. The van der Waals surface area contributed by atoms with Gasteiger partial charge in [-0.2, -0.15) is 0 Å². The van der Waals surface area contributed by atoms with E-state index in [9.17, 15) is 15.2 Å². The van der Waals surface area contributed by atoms with Crippen LogP contribution in [0.4, 0.5) is 5.69 Å². The van der Waals surface area contributed by atoms with Gasteiger partial charge < -0.3 is 5.11 Å². The van der Waals surface area contributed by atoms with Crippen molar-refractivity contribution < 1.29 is 10.0 Å². The number of pyridine rings is 1. The van der Waals surface area contributed by atoms with E-state index in [1.165, 1.54) is 12.3 Å². The summed E-state index contributed by atoms with van der Waals surface area (Å²) >= 11 is 1.97. The lowest BCUT2D eigenvalue weighted by atomic mass is 10.3. The normalized spacial score (nSPS) is 9.75. The Labute approximate surface area is 81.7 Å². The molecule has 0 amide bonds. The van der Waals surface area contributed by atoms with E-state index in [1.54, 1.807) is 0 Å². The molecule has 0 atom stereocenters. The average molecular weight is 280 g/mol. The first-order valence-electron chi connectivity index (χ1n) is 3.04. The molecule has 0 aliphatic heterocycles. The number of hydrogen-bond donors (Lipinski definition) is 1. The molecule has 0 aliphatic carbocycles. The molecule has 0 spiro atoms. The summed E-state index contributed by atoms with van der Waals surface area (Å²) < 4.78 is 0.450. The molecule has 0 aliphatic rings. The predicted octanol–water partition coefficient (Wildman–Crippen LogP) is 1.63. The lowest BCUT2D eigenvalue weighted by Gasteiger charge is -1.98. The molecule has 6 heteroatoms. The molecule has 0 bridgehead atoms. The van der Waals surface area contributed by atoms with E-state index in [0.29, 0.717) is 10.1 Å². The summed E-state index contributed by atoms with van der Waals surface area (Å²) in [6, 6.07) is 1.17. The van der Waals surface area contributed by atoms with Crippen LogP contribution < -0.4 is 0 Å². The monoisotopic (exact) mass is 280 g/mol. The Balaban J connectivity index is 3.23. The Kier molecular flexibility index (Phi) is 2.79. The first-order chi connectivity index (χ1) is 5.66. The molecule has 64 valence electrons. The highest BCUT2D eigenvalue weighted by Crippen LogP contribution is 2.28. The number of alkyl halides is 1. The van der Waals surface area contributed by atoms with Crippen molar-refractivity contribution in [3.8, 4) is 5.75 Å². The zero-order valence-electron chi connectivity index (χ0n) is 5.90.